The Bertz CT molecular complexity index is 799. The van der Waals surface area contributed by atoms with Crippen molar-refractivity contribution in [3.63, 3.8) is 0 Å². The van der Waals surface area contributed by atoms with Crippen molar-refractivity contribution in [2.45, 2.75) is 56.9 Å². The van der Waals surface area contributed by atoms with E-state index in [1.807, 2.05) is 0 Å². The minimum absolute atomic E-state index is 0.106. The van der Waals surface area contributed by atoms with Crippen molar-refractivity contribution in [3.05, 3.63) is 62.7 Å². The minimum atomic E-state index is -0.106. The van der Waals surface area contributed by atoms with E-state index in [9.17, 15) is 0 Å². The molecule has 6 radical (unpaired) electrons. The zero-order valence-electron chi connectivity index (χ0n) is 15.7. The first-order chi connectivity index (χ1) is 13.1. The summed E-state index contributed by atoms with van der Waals surface area (Å²) in [5, 5.41) is 0. The van der Waals surface area contributed by atoms with Crippen LogP contribution in [0.3, 0.4) is 0 Å². The molecule has 2 atom stereocenters. The molecule has 1 aliphatic heterocycles. The van der Waals surface area contributed by atoms with Crippen LogP contribution in [-0.4, -0.2) is 56.7 Å². The topological polar surface area (TPSA) is 6.48 Å². The summed E-state index contributed by atoms with van der Waals surface area (Å²) in [6.07, 6.45) is 9.30. The average molecular weight is 511 g/mol. The van der Waals surface area contributed by atoms with Crippen molar-refractivity contribution in [1.82, 2.24) is 1.08 Å². The first-order valence-corrected chi connectivity index (χ1v) is 13.4. The molecule has 1 aliphatic carbocycles. The third-order valence-corrected chi connectivity index (χ3v) is 9.61. The molecule has 2 aromatic rings. The van der Waals surface area contributed by atoms with Gasteiger partial charge in [0.25, 0.3) is 0 Å². The van der Waals surface area contributed by atoms with Gasteiger partial charge in [-0.15, -0.1) is 0 Å². The van der Waals surface area contributed by atoms with Crippen LogP contribution in [0.1, 0.15) is 61.1 Å². The Kier molecular flexibility index (Phi) is 7.36. The predicted octanol–water partition coefficient (Wildman–Crippen LogP) is 0.630. The first-order valence-electron chi connectivity index (χ1n) is 9.82. The molecule has 2 unspecified atom stereocenters. The van der Waals surface area contributed by atoms with Gasteiger partial charge in [0.15, 0.2) is 0 Å². The standard InChI is InChI=1S/C21H23IN2.3Al/c23-22-17-7-5-6-15(13-17)12-16-10-11-19-18-8-3-1-2-4-9-20(18)24-21(19)14-16;;;/h5-7,10-11,13-14,18,20H,1-4,8-9,12H2;;;/q-2;;;+1. The Hall–Kier alpha value is 0.527. The van der Waals surface area contributed by atoms with Gasteiger partial charge < -0.3 is 0 Å². The van der Waals surface area contributed by atoms with Gasteiger partial charge in [-0.3, -0.25) is 0 Å². The molecule has 27 heavy (non-hydrogen) atoms. The Labute approximate surface area is 199 Å². The van der Waals surface area contributed by atoms with Gasteiger partial charge in [0.05, 0.1) is 0 Å². The van der Waals surface area contributed by atoms with Crippen molar-refractivity contribution in [3.8, 4) is 0 Å². The van der Waals surface area contributed by atoms with Crippen LogP contribution in [-0.2, 0) is 6.42 Å². The van der Waals surface area contributed by atoms with E-state index in [1.165, 1.54) is 58.9 Å². The first kappa shape index (κ1) is 20.8. The van der Waals surface area contributed by atoms with Crippen LogP contribution in [0.2, 0.25) is 0 Å². The molecule has 1 heterocycles. The van der Waals surface area contributed by atoms with E-state index in [4.69, 9.17) is 0 Å². The monoisotopic (exact) mass is 511 g/mol. The number of halogens is 1. The molecule has 1 saturated carbocycles. The average Bonchev–Trinajstić information content (AvgIpc) is 2.85. The molecule has 134 valence electrons. The molecule has 0 N–H and O–H groups in total. The fourth-order valence-electron chi connectivity index (χ4n) is 4.62. The van der Waals surface area contributed by atoms with Gasteiger partial charge in [0.2, 0.25) is 0 Å². The Balaban J connectivity index is 1.55. The van der Waals surface area contributed by atoms with Gasteiger partial charge >= 0.3 is 201 Å². The summed E-state index contributed by atoms with van der Waals surface area (Å²) >= 11 is 8.44. The maximum absolute atomic E-state index is 3.04. The van der Waals surface area contributed by atoms with Crippen LogP contribution in [0, 0.1) is 3.57 Å². The van der Waals surface area contributed by atoms with Crippen molar-refractivity contribution in [2.75, 3.05) is 3.88 Å². The zero-order chi connectivity index (χ0) is 18.8. The SMILES string of the molecule is [Al][N]([Al])[I-]c1cccc(Cc2ccc3c(c2)[N]([Al])C2CCCCCCC32)c1. The van der Waals surface area contributed by atoms with E-state index in [0.717, 1.165) is 12.3 Å². The molecule has 0 aromatic heterocycles. The van der Waals surface area contributed by atoms with Crippen molar-refractivity contribution in [1.29, 1.82) is 0 Å². The van der Waals surface area contributed by atoms with Gasteiger partial charge in [-0.1, -0.05) is 0 Å². The Morgan fingerprint density at radius 3 is 2.56 bits per heavy atom. The molecular weight excluding hydrogens is 488 g/mol. The van der Waals surface area contributed by atoms with E-state index in [-0.39, 0.29) is 21.5 Å². The van der Waals surface area contributed by atoms with Gasteiger partial charge in [-0.25, -0.2) is 0 Å². The predicted molar refractivity (Wildman–Crippen MR) is 110 cm³/mol. The van der Waals surface area contributed by atoms with E-state index in [2.05, 4.69) is 97.0 Å². The number of benzene rings is 2. The molecule has 2 aliphatic rings. The molecule has 6 heteroatoms. The number of hydrogen-bond donors (Lipinski definition) is 0. The number of nitrogens with zero attached hydrogens (tertiary/aromatic N) is 2. The van der Waals surface area contributed by atoms with Gasteiger partial charge in [-0.05, 0) is 0 Å². The summed E-state index contributed by atoms with van der Waals surface area (Å²) in [6, 6.07) is 17.0. The number of rotatable bonds is 4. The molecule has 2 nitrogen and oxygen atoms in total. The molecule has 0 amide bonds. The summed E-state index contributed by atoms with van der Waals surface area (Å²) < 4.78 is 6.15. The molecule has 0 spiro atoms. The summed E-state index contributed by atoms with van der Waals surface area (Å²) in [5.41, 5.74) is 5.89. The second-order valence-corrected chi connectivity index (χ2v) is 14.9. The summed E-state index contributed by atoms with van der Waals surface area (Å²) in [5.74, 6) is 0.732. The molecule has 4 rings (SSSR count). The second kappa shape index (κ2) is 9.56. The third-order valence-electron chi connectivity index (χ3n) is 5.85. The molecule has 1 fully saturated rings. The quantitative estimate of drug-likeness (QED) is 0.338. The Morgan fingerprint density at radius 1 is 0.963 bits per heavy atom. The normalized spacial score (nSPS) is 22.3. The zero-order valence-corrected chi connectivity index (χ0v) is 21.3. The van der Waals surface area contributed by atoms with Gasteiger partial charge in [-0.2, -0.15) is 0 Å². The molecule has 2 aromatic carbocycles. The van der Waals surface area contributed by atoms with Crippen LogP contribution in [0.25, 0.3) is 0 Å². The molecular formula is C21H23Al3IN2-. The van der Waals surface area contributed by atoms with Crippen LogP contribution < -0.4 is 25.4 Å². The fourth-order valence-corrected chi connectivity index (χ4v) is 8.27. The van der Waals surface area contributed by atoms with Crippen LogP contribution in [0.15, 0.2) is 42.5 Å². The van der Waals surface area contributed by atoms with Crippen LogP contribution in [0.5, 0.6) is 0 Å². The third kappa shape index (κ3) is 4.99. The fraction of sp³-hybridized carbons (Fsp3) is 0.429. The summed E-state index contributed by atoms with van der Waals surface area (Å²) in [4.78, 5) is 0. The summed E-state index contributed by atoms with van der Waals surface area (Å²) in [6.45, 7) is 0. The van der Waals surface area contributed by atoms with E-state index in [0.29, 0.717) is 6.04 Å². The van der Waals surface area contributed by atoms with Gasteiger partial charge in [0.1, 0.15) is 0 Å². The van der Waals surface area contributed by atoms with Crippen LogP contribution in [0.4, 0.5) is 5.69 Å². The van der Waals surface area contributed by atoms with E-state index < -0.39 is 0 Å². The maximum atomic E-state index is 3.04. The second-order valence-electron chi connectivity index (χ2n) is 7.70. The van der Waals surface area contributed by atoms with Crippen LogP contribution >= 0.6 is 0 Å². The van der Waals surface area contributed by atoms with E-state index >= 15 is 0 Å². The number of hydrogen-bond acceptors (Lipinski definition) is 2. The van der Waals surface area contributed by atoms with E-state index in [1.54, 1.807) is 5.56 Å². The van der Waals surface area contributed by atoms with Crippen molar-refractivity contribution < 1.29 is 21.5 Å². The molecule has 0 bridgehead atoms. The van der Waals surface area contributed by atoms with Crippen molar-refractivity contribution in [2.24, 2.45) is 0 Å². The van der Waals surface area contributed by atoms with Gasteiger partial charge in [0, 0.05) is 0 Å². The molecule has 0 saturated heterocycles. The number of anilines is 1. The van der Waals surface area contributed by atoms with Crippen molar-refractivity contribution >= 4 is 55.2 Å². The summed E-state index contributed by atoms with van der Waals surface area (Å²) in [7, 11) is 0. The number of fused-ring (bicyclic) bond motifs is 3. The Morgan fingerprint density at radius 2 is 1.74 bits per heavy atom.